The molecule has 33 heavy (non-hydrogen) atoms. The van der Waals surface area contributed by atoms with Crippen LogP contribution in [-0.4, -0.2) is 48.0 Å². The third kappa shape index (κ3) is 8.23. The van der Waals surface area contributed by atoms with E-state index in [0.29, 0.717) is 13.1 Å². The SMILES string of the molecule is CCc1nncn1CCNC(=NCc1ccc(OC)cc1)NCCc1ccccc1OC.I. The van der Waals surface area contributed by atoms with Crippen molar-refractivity contribution >= 4 is 29.9 Å². The first-order chi connectivity index (χ1) is 15.7. The number of benzene rings is 2. The van der Waals surface area contributed by atoms with Gasteiger partial charge in [0.1, 0.15) is 23.7 Å². The lowest BCUT2D eigenvalue weighted by Crippen LogP contribution is -2.40. The number of hydrogen-bond acceptors (Lipinski definition) is 5. The number of aryl methyl sites for hydroxylation is 1. The zero-order valence-corrected chi connectivity index (χ0v) is 21.8. The van der Waals surface area contributed by atoms with Crippen molar-refractivity contribution in [2.24, 2.45) is 4.99 Å². The minimum Gasteiger partial charge on any atom is -0.497 e. The summed E-state index contributed by atoms with van der Waals surface area (Å²) < 4.78 is 12.7. The van der Waals surface area contributed by atoms with E-state index in [9.17, 15) is 0 Å². The van der Waals surface area contributed by atoms with Crippen LogP contribution in [0.2, 0.25) is 0 Å². The number of aromatic nitrogens is 3. The van der Waals surface area contributed by atoms with Crippen molar-refractivity contribution < 1.29 is 9.47 Å². The van der Waals surface area contributed by atoms with E-state index in [2.05, 4.69) is 38.4 Å². The Bertz CT molecular complexity index is 991. The standard InChI is InChI=1S/C24H32N6O2.HI/c1-4-23-29-28-18-30(23)16-15-26-24(27-17-19-9-11-21(31-2)12-10-19)25-14-13-20-7-5-6-8-22(20)32-3;/h5-12,18H,4,13-17H2,1-3H3,(H2,25,26,27);1H. The predicted octanol–water partition coefficient (Wildman–Crippen LogP) is 3.45. The lowest BCUT2D eigenvalue weighted by molar-refractivity contribution is 0.409. The number of nitrogens with one attached hydrogen (secondary N) is 2. The van der Waals surface area contributed by atoms with E-state index in [1.165, 1.54) is 0 Å². The fraction of sp³-hybridized carbons (Fsp3) is 0.375. The van der Waals surface area contributed by atoms with E-state index in [0.717, 1.165) is 60.3 Å². The van der Waals surface area contributed by atoms with Gasteiger partial charge in [-0.2, -0.15) is 0 Å². The number of methoxy groups -OCH3 is 2. The second-order valence-electron chi connectivity index (χ2n) is 7.22. The Balaban J connectivity index is 0.00000385. The normalized spacial score (nSPS) is 10.9. The maximum Gasteiger partial charge on any atom is 0.191 e. The van der Waals surface area contributed by atoms with Crippen LogP contribution in [0.15, 0.2) is 59.9 Å². The molecule has 0 aliphatic rings. The molecule has 0 aliphatic heterocycles. The molecule has 0 saturated carbocycles. The molecule has 3 aromatic rings. The highest BCUT2D eigenvalue weighted by atomic mass is 127. The van der Waals surface area contributed by atoms with Gasteiger partial charge in [0, 0.05) is 26.1 Å². The zero-order valence-electron chi connectivity index (χ0n) is 19.5. The highest BCUT2D eigenvalue weighted by Gasteiger charge is 2.05. The minimum atomic E-state index is 0. The second kappa shape index (κ2) is 14.4. The summed E-state index contributed by atoms with van der Waals surface area (Å²) in [5.41, 5.74) is 2.28. The molecule has 9 heteroatoms. The van der Waals surface area contributed by atoms with Crippen molar-refractivity contribution in [2.45, 2.75) is 32.9 Å². The quantitative estimate of drug-likeness (QED) is 0.211. The first-order valence-electron chi connectivity index (χ1n) is 10.9. The average Bonchev–Trinajstić information content (AvgIpc) is 3.30. The van der Waals surface area contributed by atoms with Crippen LogP contribution in [0.5, 0.6) is 11.5 Å². The molecule has 0 unspecified atom stereocenters. The topological polar surface area (TPSA) is 85.6 Å². The van der Waals surface area contributed by atoms with Gasteiger partial charge in [-0.3, -0.25) is 0 Å². The lowest BCUT2D eigenvalue weighted by Gasteiger charge is -2.14. The third-order valence-corrected chi connectivity index (χ3v) is 5.12. The molecule has 0 radical (unpaired) electrons. The Kier molecular flexibility index (Phi) is 11.5. The molecule has 8 nitrogen and oxygen atoms in total. The van der Waals surface area contributed by atoms with E-state index >= 15 is 0 Å². The van der Waals surface area contributed by atoms with Gasteiger partial charge in [0.05, 0.1) is 20.8 Å². The summed E-state index contributed by atoms with van der Waals surface area (Å²) in [4.78, 5) is 4.77. The van der Waals surface area contributed by atoms with Crippen molar-refractivity contribution in [3.8, 4) is 11.5 Å². The lowest BCUT2D eigenvalue weighted by atomic mass is 10.1. The summed E-state index contributed by atoms with van der Waals surface area (Å²) in [6.07, 6.45) is 3.46. The van der Waals surface area contributed by atoms with E-state index < -0.39 is 0 Å². The van der Waals surface area contributed by atoms with Crippen LogP contribution in [0.25, 0.3) is 0 Å². The van der Waals surface area contributed by atoms with Gasteiger partial charge in [0.15, 0.2) is 5.96 Å². The molecule has 0 amide bonds. The Hall–Kier alpha value is -2.82. The molecule has 2 N–H and O–H groups in total. The number of hydrogen-bond donors (Lipinski definition) is 2. The fourth-order valence-electron chi connectivity index (χ4n) is 3.33. The molecule has 0 fully saturated rings. The molecule has 0 saturated heterocycles. The number of ether oxygens (including phenoxy) is 2. The van der Waals surface area contributed by atoms with E-state index in [1.54, 1.807) is 20.5 Å². The van der Waals surface area contributed by atoms with Gasteiger partial charge >= 0.3 is 0 Å². The van der Waals surface area contributed by atoms with E-state index in [4.69, 9.17) is 14.5 Å². The largest absolute Gasteiger partial charge is 0.497 e. The molecule has 0 atom stereocenters. The first-order valence-corrected chi connectivity index (χ1v) is 10.9. The van der Waals surface area contributed by atoms with Crippen molar-refractivity contribution in [3.05, 3.63) is 71.8 Å². The van der Waals surface area contributed by atoms with Crippen molar-refractivity contribution in [2.75, 3.05) is 27.3 Å². The number of aliphatic imine (C=N–C) groups is 1. The van der Waals surface area contributed by atoms with Gasteiger partial charge in [-0.05, 0) is 35.7 Å². The van der Waals surface area contributed by atoms with Crippen LogP contribution in [0, 0.1) is 0 Å². The summed E-state index contributed by atoms with van der Waals surface area (Å²) in [6.45, 7) is 4.87. The van der Waals surface area contributed by atoms with Gasteiger partial charge in [0.25, 0.3) is 0 Å². The van der Waals surface area contributed by atoms with Crippen LogP contribution >= 0.6 is 24.0 Å². The maximum absolute atomic E-state index is 5.46. The number of guanidine groups is 1. The summed E-state index contributed by atoms with van der Waals surface area (Å²) in [5, 5.41) is 15.0. The van der Waals surface area contributed by atoms with Crippen LogP contribution < -0.4 is 20.1 Å². The van der Waals surface area contributed by atoms with Crippen LogP contribution in [0.4, 0.5) is 0 Å². The number of rotatable bonds is 11. The number of para-hydroxylation sites is 1. The minimum absolute atomic E-state index is 0. The summed E-state index contributed by atoms with van der Waals surface area (Å²) in [7, 11) is 3.37. The molecule has 0 bridgehead atoms. The Labute approximate surface area is 212 Å². The zero-order chi connectivity index (χ0) is 22.6. The molecule has 1 heterocycles. The number of halogens is 1. The van der Waals surface area contributed by atoms with Crippen molar-refractivity contribution in [1.29, 1.82) is 0 Å². The van der Waals surface area contributed by atoms with Crippen LogP contribution in [0.3, 0.4) is 0 Å². The number of nitrogens with zero attached hydrogens (tertiary/aromatic N) is 4. The van der Waals surface area contributed by atoms with Crippen LogP contribution in [-0.2, 0) is 25.9 Å². The molecule has 178 valence electrons. The van der Waals surface area contributed by atoms with Gasteiger partial charge in [-0.1, -0.05) is 37.3 Å². The molecule has 2 aromatic carbocycles. The summed E-state index contributed by atoms with van der Waals surface area (Å²) >= 11 is 0. The molecule has 0 spiro atoms. The second-order valence-corrected chi connectivity index (χ2v) is 7.22. The first kappa shape index (κ1) is 26.4. The highest BCUT2D eigenvalue weighted by Crippen LogP contribution is 2.17. The molecule has 1 aromatic heterocycles. The van der Waals surface area contributed by atoms with E-state index in [-0.39, 0.29) is 24.0 Å². The van der Waals surface area contributed by atoms with Crippen molar-refractivity contribution in [1.82, 2.24) is 25.4 Å². The third-order valence-electron chi connectivity index (χ3n) is 5.12. The predicted molar refractivity (Wildman–Crippen MR) is 142 cm³/mol. The fourth-order valence-corrected chi connectivity index (χ4v) is 3.33. The Morgan fingerprint density at radius 3 is 2.48 bits per heavy atom. The average molecular weight is 564 g/mol. The highest BCUT2D eigenvalue weighted by molar-refractivity contribution is 14.0. The summed E-state index contributed by atoms with van der Waals surface area (Å²) in [6, 6.07) is 16.0. The Morgan fingerprint density at radius 1 is 1.00 bits per heavy atom. The van der Waals surface area contributed by atoms with Gasteiger partial charge in [0.2, 0.25) is 0 Å². The van der Waals surface area contributed by atoms with Crippen LogP contribution in [0.1, 0.15) is 23.9 Å². The monoisotopic (exact) mass is 564 g/mol. The molecule has 3 rings (SSSR count). The van der Waals surface area contributed by atoms with Gasteiger partial charge < -0.3 is 24.7 Å². The van der Waals surface area contributed by atoms with Crippen molar-refractivity contribution in [3.63, 3.8) is 0 Å². The van der Waals surface area contributed by atoms with E-state index in [1.807, 2.05) is 42.5 Å². The molecular formula is C24H33IN6O2. The van der Waals surface area contributed by atoms with Gasteiger partial charge in [-0.25, -0.2) is 4.99 Å². The summed E-state index contributed by atoms with van der Waals surface area (Å²) in [5.74, 6) is 3.49. The smallest absolute Gasteiger partial charge is 0.191 e. The molecular weight excluding hydrogens is 531 g/mol. The Morgan fingerprint density at radius 2 is 1.76 bits per heavy atom. The maximum atomic E-state index is 5.46. The van der Waals surface area contributed by atoms with Gasteiger partial charge in [-0.15, -0.1) is 34.2 Å². The molecule has 0 aliphatic carbocycles.